The van der Waals surface area contributed by atoms with Crippen molar-refractivity contribution < 1.29 is 24.2 Å². The number of aliphatic hydroxyl groups excluding tert-OH is 1. The molecular weight excluding hydrogens is 620 g/mol. The molecule has 0 heterocycles. The van der Waals surface area contributed by atoms with Crippen molar-refractivity contribution in [3.63, 3.8) is 0 Å². The maximum atomic E-state index is 12.2. The van der Waals surface area contributed by atoms with Crippen LogP contribution in [0.2, 0.25) is 0 Å². The Hall–Kier alpha value is -2.40. The van der Waals surface area contributed by atoms with E-state index in [-0.39, 0.29) is 25.2 Å². The molecule has 5 heteroatoms. The molecule has 0 aliphatic rings. The van der Waals surface area contributed by atoms with Gasteiger partial charge in [0.2, 0.25) is 0 Å². The Bertz CT molecular complexity index is 884. The Kier molecular flexibility index (Phi) is 39.1. The second-order valence-electron chi connectivity index (χ2n) is 13.7. The van der Waals surface area contributed by atoms with Crippen molar-refractivity contribution in [1.29, 1.82) is 0 Å². The molecule has 0 aromatic rings. The van der Waals surface area contributed by atoms with E-state index in [9.17, 15) is 14.7 Å². The highest BCUT2D eigenvalue weighted by Gasteiger charge is 2.16. The molecule has 1 N–H and O–H groups in total. The summed E-state index contributed by atoms with van der Waals surface area (Å²) in [5, 5.41) is 9.57. The zero-order chi connectivity index (χ0) is 36.4. The Labute approximate surface area is 309 Å². The molecule has 288 valence electrons. The number of rotatable bonds is 37. The Balaban J connectivity index is 3.58. The number of carbonyl (C=O) groups is 2. The molecule has 1 unspecified atom stereocenters. The smallest absolute Gasteiger partial charge is 0.306 e. The van der Waals surface area contributed by atoms with E-state index in [1.165, 1.54) is 89.9 Å². The molecule has 0 saturated heterocycles. The van der Waals surface area contributed by atoms with E-state index in [0.29, 0.717) is 12.8 Å². The number of ether oxygens (including phenoxy) is 2. The molecule has 0 rings (SSSR count). The molecule has 0 spiro atoms. The SMILES string of the molecule is CC/C=C\C/C=C\C/C=C\C/C=C\CCCCCCCCCCC(=O)OC(CO)COC(=O)CCCCCCC/C=C\CCCCCCCC. The quantitative estimate of drug-likeness (QED) is 0.0397. The number of esters is 2. The van der Waals surface area contributed by atoms with Crippen LogP contribution in [0.5, 0.6) is 0 Å². The molecule has 1 atom stereocenters. The standard InChI is InChI=1S/C45H78O5/c1-3-5-7-9-11-13-15-17-19-20-21-22-23-24-26-28-30-32-34-36-38-40-45(48)50-43(41-46)42-49-44(47)39-37-35-33-31-29-27-25-18-16-14-12-10-8-6-4-2/h5,7,11,13,17-19,21-22,25,43,46H,3-4,6,8-10,12,14-16,20,23-24,26-42H2,1-2H3/b7-5-,13-11-,19-17-,22-21-,25-18-. The maximum Gasteiger partial charge on any atom is 0.306 e. The van der Waals surface area contributed by atoms with Crippen LogP contribution in [-0.2, 0) is 19.1 Å². The van der Waals surface area contributed by atoms with E-state index < -0.39 is 6.10 Å². The lowest BCUT2D eigenvalue weighted by Gasteiger charge is -2.15. The summed E-state index contributed by atoms with van der Waals surface area (Å²) in [6.07, 6.45) is 52.8. The molecule has 0 radical (unpaired) electrons. The van der Waals surface area contributed by atoms with Gasteiger partial charge in [0, 0.05) is 12.8 Å². The highest BCUT2D eigenvalue weighted by Crippen LogP contribution is 2.13. The van der Waals surface area contributed by atoms with E-state index in [2.05, 4.69) is 74.6 Å². The minimum atomic E-state index is -0.780. The molecule has 0 amide bonds. The Morgan fingerprint density at radius 1 is 0.480 bits per heavy atom. The third kappa shape index (κ3) is 38.4. The van der Waals surface area contributed by atoms with Gasteiger partial charge in [-0.25, -0.2) is 0 Å². The third-order valence-electron chi connectivity index (χ3n) is 8.80. The van der Waals surface area contributed by atoms with Gasteiger partial charge in [0.15, 0.2) is 6.10 Å². The van der Waals surface area contributed by atoms with Gasteiger partial charge in [-0.15, -0.1) is 0 Å². The van der Waals surface area contributed by atoms with Crippen molar-refractivity contribution in [2.75, 3.05) is 13.2 Å². The first-order chi connectivity index (χ1) is 24.6. The fraction of sp³-hybridized carbons (Fsp3) is 0.733. The molecule has 0 saturated carbocycles. The van der Waals surface area contributed by atoms with E-state index >= 15 is 0 Å². The topological polar surface area (TPSA) is 72.8 Å². The van der Waals surface area contributed by atoms with Gasteiger partial charge in [-0.05, 0) is 77.0 Å². The minimum Gasteiger partial charge on any atom is -0.462 e. The molecule has 0 bridgehead atoms. The van der Waals surface area contributed by atoms with E-state index in [1.54, 1.807) is 0 Å². The van der Waals surface area contributed by atoms with Crippen LogP contribution < -0.4 is 0 Å². The summed E-state index contributed by atoms with van der Waals surface area (Å²) in [6.45, 7) is 4.00. The van der Waals surface area contributed by atoms with Gasteiger partial charge in [0.25, 0.3) is 0 Å². The van der Waals surface area contributed by atoms with Crippen LogP contribution in [0.4, 0.5) is 0 Å². The zero-order valence-corrected chi connectivity index (χ0v) is 32.6. The predicted molar refractivity (Wildman–Crippen MR) is 214 cm³/mol. The summed E-state index contributed by atoms with van der Waals surface area (Å²) in [7, 11) is 0. The largest absolute Gasteiger partial charge is 0.462 e. The van der Waals surface area contributed by atoms with Crippen LogP contribution >= 0.6 is 0 Å². The van der Waals surface area contributed by atoms with Crippen LogP contribution in [0.15, 0.2) is 60.8 Å². The van der Waals surface area contributed by atoms with E-state index in [4.69, 9.17) is 9.47 Å². The molecule has 5 nitrogen and oxygen atoms in total. The van der Waals surface area contributed by atoms with Crippen molar-refractivity contribution in [2.24, 2.45) is 0 Å². The van der Waals surface area contributed by atoms with Crippen molar-refractivity contribution in [3.8, 4) is 0 Å². The summed E-state index contributed by atoms with van der Waals surface area (Å²) in [4.78, 5) is 24.3. The molecule has 0 fully saturated rings. The van der Waals surface area contributed by atoms with Crippen LogP contribution in [-0.4, -0.2) is 36.4 Å². The van der Waals surface area contributed by atoms with Gasteiger partial charge in [-0.3, -0.25) is 9.59 Å². The van der Waals surface area contributed by atoms with E-state index in [0.717, 1.165) is 77.0 Å². The van der Waals surface area contributed by atoms with Crippen molar-refractivity contribution in [2.45, 2.75) is 200 Å². The molecular formula is C45H78O5. The summed E-state index contributed by atoms with van der Waals surface area (Å²) in [5.41, 5.74) is 0. The average Bonchev–Trinajstić information content (AvgIpc) is 3.12. The number of hydrogen-bond donors (Lipinski definition) is 1. The highest BCUT2D eigenvalue weighted by atomic mass is 16.6. The molecule has 0 aliphatic carbocycles. The van der Waals surface area contributed by atoms with Crippen molar-refractivity contribution in [3.05, 3.63) is 60.8 Å². The summed E-state index contributed by atoms with van der Waals surface area (Å²) < 4.78 is 10.6. The van der Waals surface area contributed by atoms with Gasteiger partial charge in [0.1, 0.15) is 6.61 Å². The highest BCUT2D eigenvalue weighted by molar-refractivity contribution is 5.70. The zero-order valence-electron chi connectivity index (χ0n) is 32.6. The molecule has 0 aromatic heterocycles. The monoisotopic (exact) mass is 699 g/mol. The predicted octanol–water partition coefficient (Wildman–Crippen LogP) is 13.2. The number of aliphatic hydroxyl groups is 1. The number of allylic oxidation sites excluding steroid dienone is 10. The van der Waals surface area contributed by atoms with Crippen molar-refractivity contribution in [1.82, 2.24) is 0 Å². The van der Waals surface area contributed by atoms with Crippen LogP contribution in [0.25, 0.3) is 0 Å². The fourth-order valence-electron chi connectivity index (χ4n) is 5.66. The number of hydrogen-bond acceptors (Lipinski definition) is 5. The summed E-state index contributed by atoms with van der Waals surface area (Å²) in [6, 6.07) is 0. The minimum absolute atomic E-state index is 0.0750. The molecule has 0 aliphatic heterocycles. The van der Waals surface area contributed by atoms with Crippen molar-refractivity contribution >= 4 is 11.9 Å². The Morgan fingerprint density at radius 3 is 1.32 bits per heavy atom. The van der Waals surface area contributed by atoms with Crippen LogP contribution in [0.1, 0.15) is 194 Å². The second-order valence-corrected chi connectivity index (χ2v) is 13.7. The van der Waals surface area contributed by atoms with Gasteiger partial charge >= 0.3 is 11.9 Å². The summed E-state index contributed by atoms with van der Waals surface area (Å²) in [5.74, 6) is -0.611. The average molecular weight is 699 g/mol. The first-order valence-electron chi connectivity index (χ1n) is 20.8. The second kappa shape index (κ2) is 41.0. The van der Waals surface area contributed by atoms with Gasteiger partial charge in [-0.2, -0.15) is 0 Å². The fourth-order valence-corrected chi connectivity index (χ4v) is 5.66. The first kappa shape index (κ1) is 47.6. The number of unbranched alkanes of at least 4 members (excludes halogenated alkanes) is 19. The lowest BCUT2D eigenvalue weighted by atomic mass is 10.1. The lowest BCUT2D eigenvalue weighted by molar-refractivity contribution is -0.161. The summed E-state index contributed by atoms with van der Waals surface area (Å²) >= 11 is 0. The van der Waals surface area contributed by atoms with Crippen LogP contribution in [0.3, 0.4) is 0 Å². The first-order valence-corrected chi connectivity index (χ1v) is 20.8. The Morgan fingerprint density at radius 2 is 0.860 bits per heavy atom. The van der Waals surface area contributed by atoms with Gasteiger partial charge in [0.05, 0.1) is 6.61 Å². The molecule has 50 heavy (non-hydrogen) atoms. The number of carbonyl (C=O) groups excluding carboxylic acids is 2. The van der Waals surface area contributed by atoms with Crippen LogP contribution in [0, 0.1) is 0 Å². The van der Waals surface area contributed by atoms with Gasteiger partial charge < -0.3 is 14.6 Å². The lowest BCUT2D eigenvalue weighted by Crippen LogP contribution is -2.28. The third-order valence-corrected chi connectivity index (χ3v) is 8.80. The van der Waals surface area contributed by atoms with Gasteiger partial charge in [-0.1, -0.05) is 164 Å². The molecule has 0 aromatic carbocycles. The maximum absolute atomic E-state index is 12.2. The van der Waals surface area contributed by atoms with E-state index in [1.807, 2.05) is 0 Å². The normalized spacial score (nSPS) is 12.8.